The van der Waals surface area contributed by atoms with Crippen molar-refractivity contribution in [1.29, 1.82) is 0 Å². The molecule has 0 bridgehead atoms. The van der Waals surface area contributed by atoms with E-state index in [0.29, 0.717) is 0 Å². The second-order valence-corrected chi connectivity index (χ2v) is 3.30. The summed E-state index contributed by atoms with van der Waals surface area (Å²) < 4.78 is 1.95. The molecule has 0 aliphatic carbocycles. The van der Waals surface area contributed by atoms with E-state index in [1.807, 2.05) is 31.2 Å². The van der Waals surface area contributed by atoms with Gasteiger partial charge in [-0.05, 0) is 20.9 Å². The molecule has 0 amide bonds. The van der Waals surface area contributed by atoms with Gasteiger partial charge in [-0.2, -0.15) is 0 Å². The molecule has 0 fully saturated rings. The van der Waals surface area contributed by atoms with Gasteiger partial charge in [0.2, 0.25) is 0 Å². The summed E-state index contributed by atoms with van der Waals surface area (Å²) >= 11 is 0. The molecule has 11 heavy (non-hydrogen) atoms. The summed E-state index contributed by atoms with van der Waals surface area (Å²) in [6.07, 6.45) is 3.84. The molecule has 0 unspecified atom stereocenters. The van der Waals surface area contributed by atoms with Crippen molar-refractivity contribution in [3.05, 3.63) is 18.2 Å². The molecule has 62 valence electrons. The minimum atomic E-state index is -0.0265. The Labute approximate surface area is 67.4 Å². The third-order valence-corrected chi connectivity index (χ3v) is 1.97. The molecule has 0 aromatic carbocycles. The monoisotopic (exact) mass is 153 g/mol. The summed E-state index contributed by atoms with van der Waals surface area (Å²) in [6, 6.07) is 0. The van der Waals surface area contributed by atoms with Gasteiger partial charge >= 0.3 is 0 Å². The molecule has 3 heteroatoms. The highest BCUT2D eigenvalue weighted by Crippen LogP contribution is 2.15. The van der Waals surface area contributed by atoms with E-state index in [1.54, 1.807) is 0 Å². The van der Waals surface area contributed by atoms with Gasteiger partial charge in [0.05, 0.1) is 17.6 Å². The Balaban J connectivity index is 2.92. The van der Waals surface area contributed by atoms with Crippen molar-refractivity contribution in [2.24, 2.45) is 7.05 Å². The van der Waals surface area contributed by atoms with Gasteiger partial charge in [-0.15, -0.1) is 0 Å². The van der Waals surface area contributed by atoms with E-state index in [2.05, 4.69) is 24.1 Å². The second kappa shape index (κ2) is 2.66. The van der Waals surface area contributed by atoms with Crippen molar-refractivity contribution in [2.75, 3.05) is 7.05 Å². The molecule has 3 nitrogen and oxygen atoms in total. The van der Waals surface area contributed by atoms with Crippen molar-refractivity contribution in [3.63, 3.8) is 0 Å². The van der Waals surface area contributed by atoms with Crippen LogP contribution in [0.5, 0.6) is 0 Å². The smallest absolute Gasteiger partial charge is 0.0947 e. The third kappa shape index (κ3) is 1.60. The quantitative estimate of drug-likeness (QED) is 0.683. The van der Waals surface area contributed by atoms with Crippen LogP contribution in [0.3, 0.4) is 0 Å². The summed E-state index contributed by atoms with van der Waals surface area (Å²) in [5, 5.41) is 3.20. The van der Waals surface area contributed by atoms with Crippen LogP contribution in [0.2, 0.25) is 0 Å². The summed E-state index contributed by atoms with van der Waals surface area (Å²) in [6.45, 7) is 4.21. The maximum absolute atomic E-state index is 4.26. The highest BCUT2D eigenvalue weighted by atomic mass is 15.0. The van der Waals surface area contributed by atoms with Gasteiger partial charge < -0.3 is 9.88 Å². The van der Waals surface area contributed by atoms with Crippen molar-refractivity contribution in [1.82, 2.24) is 14.9 Å². The Morgan fingerprint density at radius 2 is 2.18 bits per heavy atom. The van der Waals surface area contributed by atoms with Crippen LogP contribution in [-0.2, 0) is 12.6 Å². The molecule has 0 radical (unpaired) electrons. The highest BCUT2D eigenvalue weighted by molar-refractivity contribution is 5.08. The third-order valence-electron chi connectivity index (χ3n) is 1.97. The fraction of sp³-hybridized carbons (Fsp3) is 0.625. The number of imidazole rings is 1. The molecule has 1 N–H and O–H groups in total. The van der Waals surface area contributed by atoms with E-state index in [4.69, 9.17) is 0 Å². The number of nitrogens with one attached hydrogen (secondary N) is 1. The lowest BCUT2D eigenvalue weighted by Gasteiger charge is -2.20. The van der Waals surface area contributed by atoms with E-state index in [9.17, 15) is 0 Å². The van der Waals surface area contributed by atoms with Crippen molar-refractivity contribution >= 4 is 0 Å². The van der Waals surface area contributed by atoms with Crippen LogP contribution >= 0.6 is 0 Å². The Bertz CT molecular complexity index is 237. The molecular weight excluding hydrogens is 138 g/mol. The van der Waals surface area contributed by atoms with Crippen LogP contribution in [-0.4, -0.2) is 16.6 Å². The van der Waals surface area contributed by atoms with Crippen molar-refractivity contribution in [3.8, 4) is 0 Å². The number of aromatic nitrogens is 2. The first-order valence-corrected chi connectivity index (χ1v) is 3.73. The number of hydrogen-bond donors (Lipinski definition) is 1. The zero-order valence-corrected chi connectivity index (χ0v) is 7.55. The predicted molar refractivity (Wildman–Crippen MR) is 45.3 cm³/mol. The molecule has 0 spiro atoms. The van der Waals surface area contributed by atoms with Crippen LogP contribution in [0.25, 0.3) is 0 Å². The number of aryl methyl sites for hydroxylation is 1. The molecule has 1 aromatic rings. The standard InChI is InChI=1S/C8H15N3/c1-8(2,9-3)7-5-11(4)6-10-7/h5-6,9H,1-4H3. The normalized spacial score (nSPS) is 12.0. The Hall–Kier alpha value is -0.830. The number of hydrogen-bond acceptors (Lipinski definition) is 2. The minimum absolute atomic E-state index is 0.0265. The van der Waals surface area contributed by atoms with Crippen LogP contribution in [0, 0.1) is 0 Å². The average molecular weight is 153 g/mol. The van der Waals surface area contributed by atoms with Gasteiger partial charge in [0, 0.05) is 13.2 Å². The van der Waals surface area contributed by atoms with Gasteiger partial charge in [-0.25, -0.2) is 4.98 Å². The van der Waals surface area contributed by atoms with Gasteiger partial charge in [0.15, 0.2) is 0 Å². The van der Waals surface area contributed by atoms with Gasteiger partial charge in [-0.1, -0.05) is 0 Å². The van der Waals surface area contributed by atoms with Crippen LogP contribution in [0.15, 0.2) is 12.5 Å². The predicted octanol–water partition coefficient (Wildman–Crippen LogP) is 0.875. The Kier molecular flexibility index (Phi) is 2.00. The maximum atomic E-state index is 4.26. The average Bonchev–Trinajstić information content (AvgIpc) is 2.36. The van der Waals surface area contributed by atoms with E-state index >= 15 is 0 Å². The SMILES string of the molecule is CNC(C)(C)c1cn(C)cn1. The highest BCUT2D eigenvalue weighted by Gasteiger charge is 2.19. The minimum Gasteiger partial charge on any atom is -0.340 e. The lowest BCUT2D eigenvalue weighted by molar-refractivity contribution is 0.433. The van der Waals surface area contributed by atoms with Crippen LogP contribution in [0.1, 0.15) is 19.5 Å². The largest absolute Gasteiger partial charge is 0.340 e. The summed E-state index contributed by atoms with van der Waals surface area (Å²) in [7, 11) is 3.91. The molecule has 0 saturated carbocycles. The van der Waals surface area contributed by atoms with Crippen LogP contribution < -0.4 is 5.32 Å². The first-order valence-electron chi connectivity index (χ1n) is 3.73. The molecule has 0 aliphatic heterocycles. The molecule has 1 aromatic heterocycles. The van der Waals surface area contributed by atoms with Crippen molar-refractivity contribution < 1.29 is 0 Å². The maximum Gasteiger partial charge on any atom is 0.0947 e. The topological polar surface area (TPSA) is 29.9 Å². The first-order chi connectivity index (χ1) is 5.06. The lowest BCUT2D eigenvalue weighted by atomic mass is 10.0. The molecular formula is C8H15N3. The molecule has 1 heterocycles. The zero-order chi connectivity index (χ0) is 8.48. The number of nitrogens with zero attached hydrogens (tertiary/aromatic N) is 2. The number of rotatable bonds is 2. The van der Waals surface area contributed by atoms with Gasteiger partial charge in [-0.3, -0.25) is 0 Å². The van der Waals surface area contributed by atoms with E-state index in [-0.39, 0.29) is 5.54 Å². The fourth-order valence-corrected chi connectivity index (χ4v) is 0.864. The zero-order valence-electron chi connectivity index (χ0n) is 7.55. The molecule has 0 aliphatic rings. The Morgan fingerprint density at radius 3 is 2.55 bits per heavy atom. The van der Waals surface area contributed by atoms with Crippen LogP contribution in [0.4, 0.5) is 0 Å². The van der Waals surface area contributed by atoms with Gasteiger partial charge in [0.25, 0.3) is 0 Å². The molecule has 1 rings (SSSR count). The molecule has 0 saturated heterocycles. The van der Waals surface area contributed by atoms with E-state index in [0.717, 1.165) is 5.69 Å². The first kappa shape index (κ1) is 8.27. The Morgan fingerprint density at radius 1 is 1.55 bits per heavy atom. The summed E-state index contributed by atoms with van der Waals surface area (Å²) in [5.74, 6) is 0. The summed E-state index contributed by atoms with van der Waals surface area (Å²) in [5.41, 5.74) is 1.05. The van der Waals surface area contributed by atoms with Gasteiger partial charge in [0.1, 0.15) is 0 Å². The summed E-state index contributed by atoms with van der Waals surface area (Å²) in [4.78, 5) is 4.26. The lowest BCUT2D eigenvalue weighted by Crippen LogP contribution is -2.33. The van der Waals surface area contributed by atoms with Crippen molar-refractivity contribution in [2.45, 2.75) is 19.4 Å². The molecule has 0 atom stereocenters. The second-order valence-electron chi connectivity index (χ2n) is 3.30. The fourth-order valence-electron chi connectivity index (χ4n) is 0.864. The van der Waals surface area contributed by atoms with E-state index in [1.165, 1.54) is 0 Å². The van der Waals surface area contributed by atoms with E-state index < -0.39 is 0 Å².